The van der Waals surface area contributed by atoms with Crippen molar-refractivity contribution in [2.45, 2.75) is 39.3 Å². The lowest BCUT2D eigenvalue weighted by Crippen LogP contribution is -2.46. The molecule has 7 nitrogen and oxygen atoms in total. The van der Waals surface area contributed by atoms with Gasteiger partial charge in [-0.05, 0) is 50.6 Å². The zero-order chi connectivity index (χ0) is 22.1. The first-order chi connectivity index (χ1) is 14.1. The highest BCUT2D eigenvalue weighted by Gasteiger charge is 2.31. The lowest BCUT2D eigenvalue weighted by Gasteiger charge is -2.30. The second kappa shape index (κ2) is 8.61. The highest BCUT2D eigenvalue weighted by atomic mass is 32.2. The lowest BCUT2D eigenvalue weighted by atomic mass is 10.1. The Morgan fingerprint density at radius 2 is 1.83 bits per heavy atom. The molecule has 30 heavy (non-hydrogen) atoms. The first-order valence-electron chi connectivity index (χ1n) is 9.64. The molecule has 3 aromatic rings. The number of para-hydroxylation sites is 1. The van der Waals surface area contributed by atoms with Crippen molar-refractivity contribution in [2.75, 3.05) is 15.9 Å². The molecule has 9 heteroatoms. The Bertz CT molecular complexity index is 1210. The fourth-order valence-electron chi connectivity index (χ4n) is 3.46. The van der Waals surface area contributed by atoms with E-state index in [0.717, 1.165) is 32.1 Å². The number of carbonyl (C=O) groups is 1. The SMILES string of the molecule is CC[C@@H](C(=O)Nc1ccc2c(c1)sc(=O)n2C(C)C)N(c1ccccc1)S(C)(=O)=O. The van der Waals surface area contributed by atoms with Crippen LogP contribution in [0.3, 0.4) is 0 Å². The van der Waals surface area contributed by atoms with Gasteiger partial charge in [0.25, 0.3) is 0 Å². The normalized spacial score (nSPS) is 12.8. The Balaban J connectivity index is 1.93. The molecule has 2 aromatic carbocycles. The van der Waals surface area contributed by atoms with Crippen LogP contribution in [0.15, 0.2) is 53.3 Å². The molecule has 0 aliphatic heterocycles. The number of aromatic nitrogens is 1. The van der Waals surface area contributed by atoms with Gasteiger partial charge in [0, 0.05) is 11.7 Å². The van der Waals surface area contributed by atoms with Crippen LogP contribution in [0.4, 0.5) is 11.4 Å². The molecule has 0 spiro atoms. The minimum atomic E-state index is -3.68. The first-order valence-corrected chi connectivity index (χ1v) is 12.3. The second-order valence-corrected chi connectivity index (χ2v) is 10.2. The molecular weight excluding hydrogens is 422 g/mol. The van der Waals surface area contributed by atoms with Crippen molar-refractivity contribution in [3.05, 3.63) is 58.2 Å². The van der Waals surface area contributed by atoms with Crippen LogP contribution in [0.1, 0.15) is 33.2 Å². The van der Waals surface area contributed by atoms with E-state index in [0.29, 0.717) is 17.8 Å². The molecule has 0 saturated heterocycles. The summed E-state index contributed by atoms with van der Waals surface area (Å²) in [6.45, 7) is 5.65. The monoisotopic (exact) mass is 447 g/mol. The zero-order valence-electron chi connectivity index (χ0n) is 17.3. The maximum Gasteiger partial charge on any atom is 0.308 e. The highest BCUT2D eigenvalue weighted by molar-refractivity contribution is 7.92. The maximum absolute atomic E-state index is 13.0. The molecule has 0 unspecified atom stereocenters. The molecule has 1 heterocycles. The molecule has 1 amide bonds. The summed E-state index contributed by atoms with van der Waals surface area (Å²) >= 11 is 1.12. The average molecular weight is 448 g/mol. The zero-order valence-corrected chi connectivity index (χ0v) is 19.0. The molecule has 3 rings (SSSR count). The maximum atomic E-state index is 13.0. The van der Waals surface area contributed by atoms with Crippen molar-refractivity contribution in [2.24, 2.45) is 0 Å². The third-order valence-corrected chi connectivity index (χ3v) is 6.84. The fraction of sp³-hybridized carbons (Fsp3) is 0.333. The van der Waals surface area contributed by atoms with E-state index in [1.165, 1.54) is 0 Å². The minimum absolute atomic E-state index is 0.0327. The van der Waals surface area contributed by atoms with Gasteiger partial charge in [-0.25, -0.2) is 8.42 Å². The number of nitrogens with zero attached hydrogens (tertiary/aromatic N) is 2. The predicted molar refractivity (Wildman–Crippen MR) is 123 cm³/mol. The molecule has 1 atom stereocenters. The summed E-state index contributed by atoms with van der Waals surface area (Å²) in [4.78, 5) is 25.2. The van der Waals surface area contributed by atoms with Gasteiger partial charge >= 0.3 is 4.87 Å². The molecule has 0 radical (unpaired) electrons. The van der Waals surface area contributed by atoms with Crippen LogP contribution >= 0.6 is 11.3 Å². The molecule has 0 aliphatic rings. The highest BCUT2D eigenvalue weighted by Crippen LogP contribution is 2.26. The van der Waals surface area contributed by atoms with Gasteiger partial charge in [-0.1, -0.05) is 36.5 Å². The summed E-state index contributed by atoms with van der Waals surface area (Å²) in [5.41, 5.74) is 1.77. The molecule has 1 aromatic heterocycles. The number of fused-ring (bicyclic) bond motifs is 1. The van der Waals surface area contributed by atoms with Gasteiger partial charge in [-0.2, -0.15) is 0 Å². The van der Waals surface area contributed by atoms with E-state index in [-0.39, 0.29) is 10.9 Å². The standard InChI is InChI=1S/C21H25N3O4S2/c1-5-17(24(30(4,27)28)16-9-7-6-8-10-16)20(25)22-15-11-12-18-19(13-15)29-21(26)23(18)14(2)3/h6-14,17H,5H2,1-4H3,(H,22,25)/t17-/m0/s1. The van der Waals surface area contributed by atoms with Crippen LogP contribution < -0.4 is 14.5 Å². The smallest absolute Gasteiger partial charge is 0.308 e. The van der Waals surface area contributed by atoms with E-state index >= 15 is 0 Å². The number of anilines is 2. The largest absolute Gasteiger partial charge is 0.324 e. The Morgan fingerprint density at radius 1 is 1.17 bits per heavy atom. The second-order valence-electron chi connectivity index (χ2n) is 7.32. The molecule has 0 saturated carbocycles. The Hall–Kier alpha value is -2.65. The van der Waals surface area contributed by atoms with Gasteiger partial charge in [0.2, 0.25) is 15.9 Å². The van der Waals surface area contributed by atoms with E-state index in [1.54, 1.807) is 60.0 Å². The van der Waals surface area contributed by atoms with Crippen molar-refractivity contribution in [1.82, 2.24) is 4.57 Å². The predicted octanol–water partition coefficient (Wildman–Crippen LogP) is 3.83. The van der Waals surface area contributed by atoms with Gasteiger partial charge < -0.3 is 5.32 Å². The lowest BCUT2D eigenvalue weighted by molar-refractivity contribution is -0.117. The van der Waals surface area contributed by atoms with Crippen molar-refractivity contribution in [1.29, 1.82) is 0 Å². The molecule has 1 N–H and O–H groups in total. The number of rotatable bonds is 7. The van der Waals surface area contributed by atoms with Gasteiger partial charge in [0.1, 0.15) is 6.04 Å². The molecule has 160 valence electrons. The Labute approximate surface area is 180 Å². The van der Waals surface area contributed by atoms with Crippen LogP contribution in [0, 0.1) is 0 Å². The van der Waals surface area contributed by atoms with Gasteiger partial charge in [0.15, 0.2) is 0 Å². The molecule has 0 bridgehead atoms. The summed E-state index contributed by atoms with van der Waals surface area (Å²) < 4.78 is 28.6. The molecule has 0 aliphatic carbocycles. The summed E-state index contributed by atoms with van der Waals surface area (Å²) in [7, 11) is -3.68. The third kappa shape index (κ3) is 4.41. The van der Waals surface area contributed by atoms with Gasteiger partial charge in [0.05, 0.1) is 22.2 Å². The molecular formula is C21H25N3O4S2. The van der Waals surface area contributed by atoms with Crippen molar-refractivity contribution < 1.29 is 13.2 Å². The van der Waals surface area contributed by atoms with E-state index in [9.17, 15) is 18.0 Å². The van der Waals surface area contributed by atoms with Gasteiger partial charge in [-0.3, -0.25) is 18.5 Å². The topological polar surface area (TPSA) is 88.5 Å². The number of hydrogen-bond donors (Lipinski definition) is 1. The van der Waals surface area contributed by atoms with Crippen molar-refractivity contribution in [3.63, 3.8) is 0 Å². The van der Waals surface area contributed by atoms with Crippen LogP contribution in [0.5, 0.6) is 0 Å². The van der Waals surface area contributed by atoms with E-state index in [2.05, 4.69) is 5.32 Å². The molecule has 0 fully saturated rings. The number of hydrogen-bond acceptors (Lipinski definition) is 5. The number of amides is 1. The van der Waals surface area contributed by atoms with Crippen LogP contribution in [0.2, 0.25) is 0 Å². The fourth-order valence-corrected chi connectivity index (χ4v) is 5.73. The number of thiazole rings is 1. The quantitative estimate of drug-likeness (QED) is 0.596. The number of nitrogens with one attached hydrogen (secondary N) is 1. The first kappa shape index (κ1) is 22.0. The summed E-state index contributed by atoms with van der Waals surface area (Å²) in [5.74, 6) is -0.429. The van der Waals surface area contributed by atoms with Crippen LogP contribution in [-0.4, -0.2) is 31.2 Å². The summed E-state index contributed by atoms with van der Waals surface area (Å²) in [6.07, 6.45) is 1.39. The van der Waals surface area contributed by atoms with Gasteiger partial charge in [-0.15, -0.1) is 0 Å². The van der Waals surface area contributed by atoms with Crippen molar-refractivity contribution in [3.8, 4) is 0 Å². The Morgan fingerprint density at radius 3 is 2.40 bits per heavy atom. The Kier molecular flexibility index (Phi) is 6.33. The number of sulfonamides is 1. The van der Waals surface area contributed by atoms with E-state index in [4.69, 9.17) is 0 Å². The van der Waals surface area contributed by atoms with Crippen LogP contribution in [0.25, 0.3) is 10.2 Å². The third-order valence-electron chi connectivity index (χ3n) is 4.74. The van der Waals surface area contributed by atoms with E-state index in [1.807, 2.05) is 13.8 Å². The summed E-state index contributed by atoms with van der Waals surface area (Å²) in [6, 6.07) is 13.0. The van der Waals surface area contributed by atoms with Crippen molar-refractivity contribution >= 4 is 48.9 Å². The summed E-state index contributed by atoms with van der Waals surface area (Å²) in [5, 5.41) is 2.82. The van der Waals surface area contributed by atoms with E-state index < -0.39 is 22.0 Å². The average Bonchev–Trinajstić information content (AvgIpc) is 3.00. The van der Waals surface area contributed by atoms with Crippen LogP contribution in [-0.2, 0) is 14.8 Å². The number of carbonyl (C=O) groups excluding carboxylic acids is 1. The number of benzene rings is 2. The minimum Gasteiger partial charge on any atom is -0.324 e.